The Morgan fingerprint density at radius 1 is 1.06 bits per heavy atom. The number of hydrogen-bond acceptors (Lipinski definition) is 6. The first-order chi connectivity index (χ1) is 16.3. The highest BCUT2D eigenvalue weighted by Crippen LogP contribution is 2.30. The Balaban J connectivity index is 1.63. The Hall–Kier alpha value is -2.39. The number of aromatic nitrogens is 2. The summed E-state index contributed by atoms with van der Waals surface area (Å²) in [6.45, 7) is 7.92. The SMILES string of the molecule is CCCS(=O)(=O)N1CCN(c2cnn(-c3ccc(C(C)C)cc3)c(=O)c2OC2CCCC2)CC1. The fourth-order valence-electron chi connectivity index (χ4n) is 4.72. The van der Waals surface area contributed by atoms with Crippen LogP contribution < -0.4 is 15.2 Å². The average Bonchev–Trinajstić information content (AvgIpc) is 3.34. The van der Waals surface area contributed by atoms with Gasteiger partial charge in [-0.15, -0.1) is 0 Å². The van der Waals surface area contributed by atoms with Crippen LogP contribution in [0, 0.1) is 0 Å². The number of nitrogens with zero attached hydrogens (tertiary/aromatic N) is 4. The van der Waals surface area contributed by atoms with Crippen LogP contribution in [-0.4, -0.2) is 60.5 Å². The summed E-state index contributed by atoms with van der Waals surface area (Å²) in [6.07, 6.45) is 6.39. The normalized spacial score (nSPS) is 18.1. The summed E-state index contributed by atoms with van der Waals surface area (Å²) >= 11 is 0. The van der Waals surface area contributed by atoms with Crippen LogP contribution in [0.3, 0.4) is 0 Å². The lowest BCUT2D eigenvalue weighted by Crippen LogP contribution is -2.49. The molecular formula is C25H36N4O4S. The fraction of sp³-hybridized carbons (Fsp3) is 0.600. The van der Waals surface area contributed by atoms with E-state index in [1.165, 1.54) is 10.2 Å². The Morgan fingerprint density at radius 2 is 1.71 bits per heavy atom. The quantitative estimate of drug-likeness (QED) is 0.565. The number of sulfonamides is 1. The van der Waals surface area contributed by atoms with Crippen LogP contribution in [0.5, 0.6) is 5.75 Å². The Bertz CT molecular complexity index is 1130. The summed E-state index contributed by atoms with van der Waals surface area (Å²) in [5, 5.41) is 4.48. The van der Waals surface area contributed by atoms with Crippen LogP contribution >= 0.6 is 0 Å². The third-order valence-corrected chi connectivity index (χ3v) is 8.82. The van der Waals surface area contributed by atoms with Crippen LogP contribution in [0.1, 0.15) is 64.4 Å². The van der Waals surface area contributed by atoms with Crippen molar-refractivity contribution < 1.29 is 13.2 Å². The van der Waals surface area contributed by atoms with Crippen molar-refractivity contribution in [2.24, 2.45) is 0 Å². The van der Waals surface area contributed by atoms with E-state index in [9.17, 15) is 13.2 Å². The lowest BCUT2D eigenvalue weighted by Gasteiger charge is -2.36. The summed E-state index contributed by atoms with van der Waals surface area (Å²) in [6, 6.07) is 7.88. The minimum atomic E-state index is -3.23. The molecule has 9 heteroatoms. The van der Waals surface area contributed by atoms with Crippen molar-refractivity contribution >= 4 is 15.7 Å². The molecule has 2 heterocycles. The van der Waals surface area contributed by atoms with Crippen molar-refractivity contribution in [2.45, 2.75) is 64.9 Å². The van der Waals surface area contributed by atoms with Gasteiger partial charge in [0, 0.05) is 26.2 Å². The summed E-state index contributed by atoms with van der Waals surface area (Å²) in [4.78, 5) is 15.6. The second-order valence-corrected chi connectivity index (χ2v) is 11.6. The van der Waals surface area contributed by atoms with E-state index >= 15 is 0 Å². The molecular weight excluding hydrogens is 452 g/mol. The van der Waals surface area contributed by atoms with E-state index in [2.05, 4.69) is 18.9 Å². The summed E-state index contributed by atoms with van der Waals surface area (Å²) in [5.41, 5.74) is 2.28. The fourth-order valence-corrected chi connectivity index (χ4v) is 6.21. The van der Waals surface area contributed by atoms with Gasteiger partial charge >= 0.3 is 5.56 Å². The molecule has 2 fully saturated rings. The summed E-state index contributed by atoms with van der Waals surface area (Å²) in [5.74, 6) is 0.887. The van der Waals surface area contributed by atoms with Crippen molar-refractivity contribution in [3.63, 3.8) is 0 Å². The van der Waals surface area contributed by atoms with E-state index in [4.69, 9.17) is 4.74 Å². The van der Waals surface area contributed by atoms with E-state index in [1.54, 1.807) is 10.5 Å². The van der Waals surface area contributed by atoms with Gasteiger partial charge in [-0.05, 0) is 55.7 Å². The van der Waals surface area contributed by atoms with Crippen molar-refractivity contribution in [1.82, 2.24) is 14.1 Å². The zero-order valence-electron chi connectivity index (χ0n) is 20.4. The van der Waals surface area contributed by atoms with E-state index in [0.29, 0.717) is 55.6 Å². The molecule has 186 valence electrons. The van der Waals surface area contributed by atoms with Gasteiger partial charge in [-0.1, -0.05) is 32.9 Å². The molecule has 1 aromatic heterocycles. The Morgan fingerprint density at radius 3 is 2.29 bits per heavy atom. The standard InChI is InChI=1S/C25H36N4O4S/c1-4-17-34(31,32)28-15-13-27(14-16-28)23-18-26-29(21-11-9-20(10-12-21)19(2)3)25(30)24(23)33-22-7-5-6-8-22/h9-12,18-19,22H,4-8,13-17H2,1-3H3. The van der Waals surface area contributed by atoms with Crippen LogP contribution in [0.2, 0.25) is 0 Å². The monoisotopic (exact) mass is 488 g/mol. The predicted molar refractivity (Wildman–Crippen MR) is 135 cm³/mol. The van der Waals surface area contributed by atoms with E-state index in [-0.39, 0.29) is 17.4 Å². The zero-order valence-corrected chi connectivity index (χ0v) is 21.3. The van der Waals surface area contributed by atoms with Crippen molar-refractivity contribution in [2.75, 3.05) is 36.8 Å². The van der Waals surface area contributed by atoms with Crippen molar-refractivity contribution in [3.8, 4) is 11.4 Å². The molecule has 1 aliphatic heterocycles. The molecule has 0 N–H and O–H groups in total. The molecule has 0 bridgehead atoms. The third-order valence-electron chi connectivity index (χ3n) is 6.74. The van der Waals surface area contributed by atoms with Gasteiger partial charge in [-0.2, -0.15) is 14.1 Å². The second kappa shape index (κ2) is 10.5. The number of hydrogen-bond donors (Lipinski definition) is 0. The molecule has 2 aliphatic rings. The van der Waals surface area contributed by atoms with Gasteiger partial charge in [-0.25, -0.2) is 8.42 Å². The van der Waals surface area contributed by atoms with Gasteiger partial charge in [0.1, 0.15) is 5.69 Å². The molecule has 0 unspecified atom stereocenters. The Kier molecular flexibility index (Phi) is 7.62. The second-order valence-electron chi connectivity index (χ2n) is 9.55. The van der Waals surface area contributed by atoms with Gasteiger partial charge < -0.3 is 9.64 Å². The predicted octanol–water partition coefficient (Wildman–Crippen LogP) is 3.54. The summed E-state index contributed by atoms with van der Waals surface area (Å²) < 4.78 is 34.2. The smallest absolute Gasteiger partial charge is 0.316 e. The van der Waals surface area contributed by atoms with Crippen LogP contribution in [0.4, 0.5) is 5.69 Å². The minimum absolute atomic E-state index is 0.0248. The molecule has 1 saturated heterocycles. The molecule has 0 atom stereocenters. The first kappa shape index (κ1) is 24.7. The maximum atomic E-state index is 13.6. The van der Waals surface area contributed by atoms with E-state index in [1.807, 2.05) is 36.1 Å². The van der Waals surface area contributed by atoms with E-state index in [0.717, 1.165) is 25.7 Å². The number of anilines is 1. The largest absolute Gasteiger partial charge is 0.483 e. The van der Waals surface area contributed by atoms with Crippen LogP contribution in [-0.2, 0) is 10.0 Å². The maximum Gasteiger partial charge on any atom is 0.316 e. The van der Waals surface area contributed by atoms with Crippen LogP contribution in [0.25, 0.3) is 5.69 Å². The minimum Gasteiger partial charge on any atom is -0.483 e. The molecule has 1 aliphatic carbocycles. The number of rotatable bonds is 8. The molecule has 2 aromatic rings. The maximum absolute atomic E-state index is 13.6. The third kappa shape index (κ3) is 5.30. The molecule has 34 heavy (non-hydrogen) atoms. The van der Waals surface area contributed by atoms with Gasteiger partial charge in [-0.3, -0.25) is 4.79 Å². The van der Waals surface area contributed by atoms with Gasteiger partial charge in [0.15, 0.2) is 0 Å². The molecule has 0 spiro atoms. The average molecular weight is 489 g/mol. The van der Waals surface area contributed by atoms with Gasteiger partial charge in [0.25, 0.3) is 0 Å². The lowest BCUT2D eigenvalue weighted by atomic mass is 10.0. The molecule has 1 aromatic carbocycles. The van der Waals surface area contributed by atoms with E-state index < -0.39 is 10.0 Å². The topological polar surface area (TPSA) is 84.7 Å². The molecule has 0 amide bonds. The highest BCUT2D eigenvalue weighted by atomic mass is 32.2. The highest BCUT2D eigenvalue weighted by Gasteiger charge is 2.30. The number of ether oxygens (including phenoxy) is 1. The summed E-state index contributed by atoms with van der Waals surface area (Å²) in [7, 11) is -3.23. The molecule has 1 saturated carbocycles. The highest BCUT2D eigenvalue weighted by molar-refractivity contribution is 7.89. The number of benzene rings is 1. The number of piperazine rings is 1. The van der Waals surface area contributed by atoms with Gasteiger partial charge in [0.2, 0.25) is 15.8 Å². The molecule has 8 nitrogen and oxygen atoms in total. The Labute approximate surface area is 202 Å². The zero-order chi connectivity index (χ0) is 24.3. The van der Waals surface area contributed by atoms with Gasteiger partial charge in [0.05, 0.1) is 23.7 Å². The van der Waals surface area contributed by atoms with Crippen molar-refractivity contribution in [3.05, 3.63) is 46.4 Å². The molecule has 4 rings (SSSR count). The van der Waals surface area contributed by atoms with Crippen LogP contribution in [0.15, 0.2) is 35.3 Å². The lowest BCUT2D eigenvalue weighted by molar-refractivity contribution is 0.205. The van der Waals surface area contributed by atoms with Crippen molar-refractivity contribution in [1.29, 1.82) is 0 Å². The first-order valence-corrected chi connectivity index (χ1v) is 14.0. The molecule has 0 radical (unpaired) electrons. The first-order valence-electron chi connectivity index (χ1n) is 12.4.